The van der Waals surface area contributed by atoms with Crippen LogP contribution in [0.3, 0.4) is 0 Å². The largest absolute Gasteiger partial charge is 0.455 e. The molecule has 1 unspecified atom stereocenters. The standard InChI is InChI=1S/C58H40O/c1-3-13-40(14-4-1)46-34-35-49(41-15-5-2-6-16-41)56(38-46)55(45-31-29-44(30-32-45)50-21-12-23-54-53-19-9-10-24-57(53)59-58(50)54)37-39-25-27-43(28-26-39)48-20-11-22-51-47-18-8-7-17-42(47)33-36-52(48)51/h1-36,38,55H,37H2. The Morgan fingerprint density at radius 3 is 1.73 bits per heavy atom. The lowest BCUT2D eigenvalue weighted by Gasteiger charge is -2.24. The average Bonchev–Trinajstić information content (AvgIpc) is 3.70. The highest BCUT2D eigenvalue weighted by atomic mass is 16.3. The van der Waals surface area contributed by atoms with Crippen LogP contribution in [-0.2, 0) is 6.42 Å². The van der Waals surface area contributed by atoms with Gasteiger partial charge in [-0.15, -0.1) is 0 Å². The molecule has 1 aromatic heterocycles. The van der Waals surface area contributed by atoms with E-state index in [0.29, 0.717) is 0 Å². The summed E-state index contributed by atoms with van der Waals surface area (Å²) >= 11 is 0. The number of rotatable bonds is 8. The van der Waals surface area contributed by atoms with Crippen LogP contribution in [-0.4, -0.2) is 0 Å². The van der Waals surface area contributed by atoms with E-state index in [2.05, 4.69) is 218 Å². The molecule has 0 bridgehead atoms. The maximum Gasteiger partial charge on any atom is 0.143 e. The van der Waals surface area contributed by atoms with Crippen LogP contribution in [0.15, 0.2) is 229 Å². The zero-order chi connectivity index (χ0) is 39.1. The minimum atomic E-state index is 0.0830. The number of benzene rings is 10. The molecule has 10 aromatic carbocycles. The van der Waals surface area contributed by atoms with Crippen LogP contribution in [0.4, 0.5) is 0 Å². The molecule has 278 valence electrons. The molecule has 1 atom stereocenters. The van der Waals surface area contributed by atoms with Crippen molar-refractivity contribution in [3.8, 4) is 44.5 Å². The van der Waals surface area contributed by atoms with Gasteiger partial charge >= 0.3 is 0 Å². The van der Waals surface area contributed by atoms with Crippen molar-refractivity contribution in [2.45, 2.75) is 12.3 Å². The molecule has 0 aliphatic heterocycles. The summed E-state index contributed by atoms with van der Waals surface area (Å²) in [5.74, 6) is 0.0830. The first-order valence-corrected chi connectivity index (χ1v) is 20.5. The Morgan fingerprint density at radius 1 is 0.339 bits per heavy atom. The van der Waals surface area contributed by atoms with Gasteiger partial charge < -0.3 is 4.42 Å². The quantitative estimate of drug-likeness (QED) is 0.141. The second-order valence-corrected chi connectivity index (χ2v) is 15.6. The average molecular weight is 753 g/mol. The molecule has 0 N–H and O–H groups in total. The van der Waals surface area contributed by atoms with E-state index in [-0.39, 0.29) is 5.92 Å². The fourth-order valence-electron chi connectivity index (χ4n) is 9.17. The third-order valence-corrected chi connectivity index (χ3v) is 12.1. The van der Waals surface area contributed by atoms with Crippen molar-refractivity contribution in [2.24, 2.45) is 0 Å². The monoisotopic (exact) mass is 752 g/mol. The highest BCUT2D eigenvalue weighted by Crippen LogP contribution is 2.41. The van der Waals surface area contributed by atoms with Gasteiger partial charge in [0.05, 0.1) is 0 Å². The Hall–Kier alpha value is -7.48. The summed E-state index contributed by atoms with van der Waals surface area (Å²) in [5.41, 5.74) is 15.4. The van der Waals surface area contributed by atoms with Crippen molar-refractivity contribution in [1.82, 2.24) is 0 Å². The number of para-hydroxylation sites is 2. The van der Waals surface area contributed by atoms with Crippen LogP contribution in [0.2, 0.25) is 0 Å². The predicted octanol–water partition coefficient (Wildman–Crippen LogP) is 15.9. The second kappa shape index (κ2) is 14.8. The second-order valence-electron chi connectivity index (χ2n) is 15.6. The van der Waals surface area contributed by atoms with E-state index in [4.69, 9.17) is 4.42 Å². The van der Waals surface area contributed by atoms with Gasteiger partial charge in [-0.1, -0.05) is 212 Å². The van der Waals surface area contributed by atoms with Crippen LogP contribution < -0.4 is 0 Å². The Bertz CT molecular complexity index is 3270. The molecular formula is C58H40O. The van der Waals surface area contributed by atoms with Gasteiger partial charge in [0.25, 0.3) is 0 Å². The fraction of sp³-hybridized carbons (Fsp3) is 0.0345. The lowest BCUT2D eigenvalue weighted by molar-refractivity contribution is 0.670. The summed E-state index contributed by atoms with van der Waals surface area (Å²) in [5, 5.41) is 7.42. The number of hydrogen-bond acceptors (Lipinski definition) is 1. The first-order chi connectivity index (χ1) is 29.2. The Balaban J connectivity index is 1.03. The van der Waals surface area contributed by atoms with Gasteiger partial charge in [-0.05, 0) is 95.7 Å². The molecule has 0 radical (unpaired) electrons. The molecule has 0 aliphatic rings. The van der Waals surface area contributed by atoms with E-state index in [1.54, 1.807) is 0 Å². The SMILES string of the molecule is c1ccc(-c2ccc(-c3ccccc3)c(C(Cc3ccc(-c4cccc5c4ccc4ccccc45)cc3)c3ccc(-c4cccc5c4oc4ccccc45)cc3)c2)cc1. The first-order valence-electron chi connectivity index (χ1n) is 20.5. The molecule has 1 heteroatoms. The molecule has 11 rings (SSSR count). The van der Waals surface area contributed by atoms with Crippen LogP contribution >= 0.6 is 0 Å². The van der Waals surface area contributed by atoms with E-state index in [0.717, 1.165) is 39.5 Å². The first kappa shape index (κ1) is 34.7. The van der Waals surface area contributed by atoms with E-state index < -0.39 is 0 Å². The third-order valence-electron chi connectivity index (χ3n) is 12.1. The summed E-state index contributed by atoms with van der Waals surface area (Å²) in [6, 6.07) is 81.8. The molecule has 0 saturated heterocycles. The maximum atomic E-state index is 6.47. The number of furan rings is 1. The Morgan fingerprint density at radius 2 is 0.932 bits per heavy atom. The highest BCUT2D eigenvalue weighted by Gasteiger charge is 2.22. The summed E-state index contributed by atoms with van der Waals surface area (Å²) in [6.07, 6.45) is 0.844. The third kappa shape index (κ3) is 6.38. The maximum absolute atomic E-state index is 6.47. The van der Waals surface area contributed by atoms with Gasteiger partial charge in [0.1, 0.15) is 11.2 Å². The van der Waals surface area contributed by atoms with Crippen molar-refractivity contribution < 1.29 is 4.42 Å². The van der Waals surface area contributed by atoms with E-state index in [1.807, 2.05) is 6.07 Å². The van der Waals surface area contributed by atoms with Crippen LogP contribution in [0.25, 0.3) is 88.0 Å². The van der Waals surface area contributed by atoms with E-state index in [9.17, 15) is 0 Å². The minimum absolute atomic E-state index is 0.0830. The molecule has 11 aromatic rings. The van der Waals surface area contributed by atoms with Crippen molar-refractivity contribution in [3.63, 3.8) is 0 Å². The Labute approximate surface area is 344 Å². The van der Waals surface area contributed by atoms with Crippen molar-refractivity contribution >= 4 is 43.5 Å². The Kier molecular flexibility index (Phi) is 8.71. The molecular weight excluding hydrogens is 713 g/mol. The summed E-state index contributed by atoms with van der Waals surface area (Å²) in [7, 11) is 0. The predicted molar refractivity (Wildman–Crippen MR) is 249 cm³/mol. The highest BCUT2D eigenvalue weighted by molar-refractivity contribution is 6.12. The summed E-state index contributed by atoms with van der Waals surface area (Å²) < 4.78 is 6.47. The molecule has 59 heavy (non-hydrogen) atoms. The smallest absolute Gasteiger partial charge is 0.143 e. The zero-order valence-corrected chi connectivity index (χ0v) is 32.6. The molecule has 0 spiro atoms. The van der Waals surface area contributed by atoms with Crippen LogP contribution in [0, 0.1) is 0 Å². The van der Waals surface area contributed by atoms with Crippen molar-refractivity contribution in [2.75, 3.05) is 0 Å². The van der Waals surface area contributed by atoms with Crippen molar-refractivity contribution in [3.05, 3.63) is 241 Å². The van der Waals surface area contributed by atoms with Gasteiger partial charge in [0, 0.05) is 22.3 Å². The van der Waals surface area contributed by atoms with Gasteiger partial charge in [-0.2, -0.15) is 0 Å². The molecule has 1 nitrogen and oxygen atoms in total. The van der Waals surface area contributed by atoms with E-state index in [1.165, 1.54) is 71.6 Å². The van der Waals surface area contributed by atoms with Gasteiger partial charge in [-0.3, -0.25) is 0 Å². The zero-order valence-electron chi connectivity index (χ0n) is 32.6. The van der Waals surface area contributed by atoms with Crippen molar-refractivity contribution in [1.29, 1.82) is 0 Å². The molecule has 0 fully saturated rings. The summed E-state index contributed by atoms with van der Waals surface area (Å²) in [6.45, 7) is 0. The van der Waals surface area contributed by atoms with Crippen LogP contribution in [0.1, 0.15) is 22.6 Å². The molecule has 1 heterocycles. The van der Waals surface area contributed by atoms with Gasteiger partial charge in [0.2, 0.25) is 0 Å². The fourth-order valence-corrected chi connectivity index (χ4v) is 9.17. The number of hydrogen-bond donors (Lipinski definition) is 0. The minimum Gasteiger partial charge on any atom is -0.455 e. The lowest BCUT2D eigenvalue weighted by atomic mass is 9.80. The van der Waals surface area contributed by atoms with Crippen LogP contribution in [0.5, 0.6) is 0 Å². The normalized spacial score (nSPS) is 12.1. The lowest BCUT2D eigenvalue weighted by Crippen LogP contribution is -2.08. The van der Waals surface area contributed by atoms with E-state index >= 15 is 0 Å². The topological polar surface area (TPSA) is 13.1 Å². The van der Waals surface area contributed by atoms with Gasteiger partial charge in [-0.25, -0.2) is 0 Å². The van der Waals surface area contributed by atoms with Gasteiger partial charge in [0.15, 0.2) is 0 Å². The molecule has 0 amide bonds. The summed E-state index contributed by atoms with van der Waals surface area (Å²) in [4.78, 5) is 0. The molecule has 0 saturated carbocycles. The number of fused-ring (bicyclic) bond motifs is 6. The molecule has 0 aliphatic carbocycles.